The van der Waals surface area contributed by atoms with Crippen LogP contribution in [0.4, 0.5) is 14.5 Å². The van der Waals surface area contributed by atoms with Gasteiger partial charge in [0.25, 0.3) is 5.91 Å². The minimum atomic E-state index is -3.69. The molecule has 152 valence electrons. The second-order valence-corrected chi connectivity index (χ2v) is 7.98. The van der Waals surface area contributed by atoms with Gasteiger partial charge in [0.2, 0.25) is 10.0 Å². The first kappa shape index (κ1) is 22.1. The number of rotatable bonds is 9. The lowest BCUT2D eigenvalue weighted by atomic mass is 10.3. The van der Waals surface area contributed by atoms with Gasteiger partial charge in [-0.3, -0.25) is 4.79 Å². The largest absolute Gasteiger partial charge is 0.482 e. The quantitative estimate of drug-likeness (QED) is 0.591. The summed E-state index contributed by atoms with van der Waals surface area (Å²) in [6.07, 6.45) is 1.55. The molecule has 0 unspecified atom stereocenters. The zero-order valence-corrected chi connectivity index (χ0v) is 16.5. The summed E-state index contributed by atoms with van der Waals surface area (Å²) < 4.78 is 58.4. The summed E-state index contributed by atoms with van der Waals surface area (Å²) in [5.41, 5.74) is -0.194. The molecule has 0 bridgehead atoms. The van der Waals surface area contributed by atoms with Crippen LogP contribution in [0.2, 0.25) is 5.02 Å². The van der Waals surface area contributed by atoms with Crippen molar-refractivity contribution in [3.63, 3.8) is 0 Å². The highest BCUT2D eigenvalue weighted by molar-refractivity contribution is 7.89. The van der Waals surface area contributed by atoms with Crippen LogP contribution >= 0.6 is 11.6 Å². The Labute approximate surface area is 166 Å². The van der Waals surface area contributed by atoms with Crippen molar-refractivity contribution in [1.29, 1.82) is 0 Å². The first-order chi connectivity index (χ1) is 13.2. The number of unbranched alkanes of at least 4 members (excludes halogenated alkanes) is 1. The lowest BCUT2D eigenvalue weighted by Gasteiger charge is -2.11. The van der Waals surface area contributed by atoms with Gasteiger partial charge in [-0.1, -0.05) is 24.9 Å². The van der Waals surface area contributed by atoms with Gasteiger partial charge < -0.3 is 10.1 Å². The fourth-order valence-corrected chi connectivity index (χ4v) is 3.55. The molecule has 0 aromatic heterocycles. The fourth-order valence-electron chi connectivity index (χ4n) is 2.15. The van der Waals surface area contributed by atoms with Gasteiger partial charge in [0.05, 0.1) is 15.6 Å². The zero-order chi connectivity index (χ0) is 20.7. The first-order valence-electron chi connectivity index (χ1n) is 8.40. The first-order valence-corrected chi connectivity index (χ1v) is 10.3. The molecule has 0 aliphatic heterocycles. The molecule has 28 heavy (non-hydrogen) atoms. The van der Waals surface area contributed by atoms with Crippen molar-refractivity contribution in [1.82, 2.24) is 4.72 Å². The van der Waals surface area contributed by atoms with Gasteiger partial charge in [-0.05, 0) is 36.8 Å². The highest BCUT2D eigenvalue weighted by Gasteiger charge is 2.16. The summed E-state index contributed by atoms with van der Waals surface area (Å²) in [5, 5.41) is 2.24. The Morgan fingerprint density at radius 2 is 1.93 bits per heavy atom. The van der Waals surface area contributed by atoms with E-state index in [2.05, 4.69) is 10.0 Å². The van der Waals surface area contributed by atoms with Gasteiger partial charge in [-0.2, -0.15) is 0 Å². The van der Waals surface area contributed by atoms with Crippen molar-refractivity contribution in [3.8, 4) is 5.75 Å². The van der Waals surface area contributed by atoms with Crippen molar-refractivity contribution < 1.29 is 26.7 Å². The Bertz CT molecular complexity index is 955. The van der Waals surface area contributed by atoms with E-state index >= 15 is 0 Å². The molecule has 0 atom stereocenters. The van der Waals surface area contributed by atoms with E-state index in [0.717, 1.165) is 18.6 Å². The van der Waals surface area contributed by atoms with Crippen LogP contribution in [-0.4, -0.2) is 27.5 Å². The van der Waals surface area contributed by atoms with Crippen molar-refractivity contribution >= 4 is 33.2 Å². The lowest BCUT2D eigenvalue weighted by molar-refractivity contribution is -0.118. The van der Waals surface area contributed by atoms with Gasteiger partial charge in [-0.15, -0.1) is 0 Å². The molecule has 0 fully saturated rings. The molecule has 0 saturated carbocycles. The molecule has 0 saturated heterocycles. The van der Waals surface area contributed by atoms with Crippen LogP contribution in [0, 0.1) is 11.6 Å². The monoisotopic (exact) mass is 432 g/mol. The maximum atomic E-state index is 13.5. The van der Waals surface area contributed by atoms with Gasteiger partial charge in [0.15, 0.2) is 6.61 Å². The van der Waals surface area contributed by atoms with Crippen molar-refractivity contribution in [3.05, 3.63) is 53.1 Å². The maximum Gasteiger partial charge on any atom is 0.262 e. The Kier molecular flexibility index (Phi) is 7.73. The third-order valence-corrected chi connectivity index (χ3v) is 5.35. The summed E-state index contributed by atoms with van der Waals surface area (Å²) in [5.74, 6) is -2.29. The fraction of sp³-hybridized carbons (Fsp3) is 0.278. The van der Waals surface area contributed by atoms with Gasteiger partial charge in [0.1, 0.15) is 17.4 Å². The van der Waals surface area contributed by atoms with Crippen LogP contribution in [0.15, 0.2) is 41.3 Å². The minimum absolute atomic E-state index is 0.000806. The molecule has 2 rings (SSSR count). The predicted molar refractivity (Wildman–Crippen MR) is 102 cm³/mol. The molecule has 0 aliphatic rings. The van der Waals surface area contributed by atoms with E-state index in [1.54, 1.807) is 0 Å². The van der Waals surface area contributed by atoms with E-state index in [1.165, 1.54) is 18.2 Å². The zero-order valence-electron chi connectivity index (χ0n) is 15.0. The van der Waals surface area contributed by atoms with Crippen molar-refractivity contribution in [2.24, 2.45) is 0 Å². The molecule has 1 amide bonds. The summed E-state index contributed by atoms with van der Waals surface area (Å²) in [6, 6.07) is 6.56. The number of nitrogens with one attached hydrogen (secondary N) is 2. The Morgan fingerprint density at radius 1 is 1.18 bits per heavy atom. The molecular weight excluding hydrogens is 414 g/mol. The van der Waals surface area contributed by atoms with Crippen LogP contribution in [0.1, 0.15) is 19.8 Å². The summed E-state index contributed by atoms with van der Waals surface area (Å²) >= 11 is 6.03. The van der Waals surface area contributed by atoms with E-state index in [-0.39, 0.29) is 21.4 Å². The Morgan fingerprint density at radius 3 is 2.57 bits per heavy atom. The van der Waals surface area contributed by atoms with E-state index in [1.807, 2.05) is 6.92 Å². The molecular formula is C18H19ClF2N2O4S. The number of benzene rings is 2. The number of hydrogen-bond donors (Lipinski definition) is 2. The summed E-state index contributed by atoms with van der Waals surface area (Å²) in [7, 11) is -3.69. The number of carbonyl (C=O) groups excluding carboxylic acids is 1. The molecule has 6 nitrogen and oxygen atoms in total. The molecule has 10 heteroatoms. The minimum Gasteiger partial charge on any atom is -0.482 e. The van der Waals surface area contributed by atoms with Crippen LogP contribution in [-0.2, 0) is 14.8 Å². The topological polar surface area (TPSA) is 84.5 Å². The van der Waals surface area contributed by atoms with Gasteiger partial charge >= 0.3 is 0 Å². The highest BCUT2D eigenvalue weighted by Crippen LogP contribution is 2.27. The van der Waals surface area contributed by atoms with Crippen molar-refractivity contribution in [2.45, 2.75) is 24.7 Å². The average molecular weight is 433 g/mol. The molecule has 2 N–H and O–H groups in total. The predicted octanol–water partition coefficient (Wildman–Crippen LogP) is 3.71. The number of anilines is 1. The number of ether oxygens (including phenoxy) is 1. The van der Waals surface area contributed by atoms with E-state index in [4.69, 9.17) is 16.3 Å². The maximum absolute atomic E-state index is 13.5. The number of amides is 1. The highest BCUT2D eigenvalue weighted by atomic mass is 35.5. The van der Waals surface area contributed by atoms with Crippen LogP contribution in [0.5, 0.6) is 5.75 Å². The van der Waals surface area contributed by atoms with Gasteiger partial charge in [-0.25, -0.2) is 21.9 Å². The molecule has 0 spiro atoms. The molecule has 0 aliphatic carbocycles. The summed E-state index contributed by atoms with van der Waals surface area (Å²) in [6.45, 7) is 1.75. The number of carbonyl (C=O) groups is 1. The van der Waals surface area contributed by atoms with Crippen LogP contribution in [0.25, 0.3) is 0 Å². The number of halogens is 3. The summed E-state index contributed by atoms with van der Waals surface area (Å²) in [4.78, 5) is 11.8. The Hall–Kier alpha value is -2.23. The Balaban J connectivity index is 1.98. The average Bonchev–Trinajstić information content (AvgIpc) is 2.63. The number of sulfonamides is 1. The third kappa shape index (κ3) is 6.15. The normalized spacial score (nSPS) is 11.3. The lowest BCUT2D eigenvalue weighted by Crippen LogP contribution is -2.24. The molecule has 2 aromatic carbocycles. The smallest absolute Gasteiger partial charge is 0.262 e. The van der Waals surface area contributed by atoms with E-state index in [0.29, 0.717) is 19.0 Å². The molecule has 0 radical (unpaired) electrons. The second kappa shape index (κ2) is 9.81. The molecule has 0 heterocycles. The van der Waals surface area contributed by atoms with E-state index < -0.39 is 34.2 Å². The SMILES string of the molecule is CCCCNS(=O)(=O)c1ccc(OCC(=O)Nc2ccc(F)cc2F)c(Cl)c1. The van der Waals surface area contributed by atoms with Crippen molar-refractivity contribution in [2.75, 3.05) is 18.5 Å². The molecule has 2 aromatic rings. The standard InChI is InChI=1S/C18H19ClF2N2O4S/c1-2-3-8-22-28(25,26)13-5-7-17(14(19)10-13)27-11-18(24)23-16-6-4-12(20)9-15(16)21/h4-7,9-10,22H,2-3,8,11H2,1H3,(H,23,24). The second-order valence-electron chi connectivity index (χ2n) is 5.80. The van der Waals surface area contributed by atoms with Crippen LogP contribution < -0.4 is 14.8 Å². The van der Waals surface area contributed by atoms with Crippen LogP contribution in [0.3, 0.4) is 0 Å². The third-order valence-electron chi connectivity index (χ3n) is 3.60. The van der Waals surface area contributed by atoms with E-state index in [9.17, 15) is 22.0 Å². The van der Waals surface area contributed by atoms with Gasteiger partial charge in [0, 0.05) is 12.6 Å². The number of hydrogen-bond acceptors (Lipinski definition) is 4.